The van der Waals surface area contributed by atoms with Crippen LogP contribution in [0.25, 0.3) is 0 Å². The van der Waals surface area contributed by atoms with Gasteiger partial charge >= 0.3 is 0 Å². The molecule has 1 aromatic carbocycles. The molecule has 0 aliphatic carbocycles. The Bertz CT molecular complexity index is 633. The summed E-state index contributed by atoms with van der Waals surface area (Å²) in [5.41, 5.74) is 3.47. The molecule has 0 aliphatic heterocycles. The van der Waals surface area contributed by atoms with Gasteiger partial charge in [0.1, 0.15) is 11.6 Å². The highest BCUT2D eigenvalue weighted by molar-refractivity contribution is 9.10. The van der Waals surface area contributed by atoms with Gasteiger partial charge < -0.3 is 0 Å². The quantitative estimate of drug-likeness (QED) is 0.465. The Hall–Kier alpha value is -0.530. The van der Waals surface area contributed by atoms with Crippen LogP contribution in [-0.2, 0) is 6.42 Å². The SMILES string of the molecule is Cc1csc(C(Cc2c(F)ccc(Br)c2F)NN)c1Cl. The molecule has 0 saturated carbocycles. The molecule has 0 saturated heterocycles. The van der Waals surface area contributed by atoms with Crippen molar-refractivity contribution in [2.24, 2.45) is 5.84 Å². The van der Waals surface area contributed by atoms with E-state index in [-0.39, 0.29) is 16.5 Å². The van der Waals surface area contributed by atoms with Crippen LogP contribution >= 0.6 is 38.9 Å². The number of nitrogens with one attached hydrogen (secondary N) is 1. The Balaban J connectivity index is 2.37. The van der Waals surface area contributed by atoms with Gasteiger partial charge in [0, 0.05) is 10.4 Å². The van der Waals surface area contributed by atoms with Crippen LogP contribution in [0, 0.1) is 18.6 Å². The Morgan fingerprint density at radius 1 is 1.45 bits per heavy atom. The number of rotatable bonds is 4. The van der Waals surface area contributed by atoms with Crippen LogP contribution in [0.2, 0.25) is 5.02 Å². The summed E-state index contributed by atoms with van der Waals surface area (Å²) in [6.45, 7) is 1.87. The first-order valence-corrected chi connectivity index (χ1v) is 7.82. The molecular formula is C13H12BrClF2N2S. The van der Waals surface area contributed by atoms with Gasteiger partial charge in [-0.05, 0) is 52.4 Å². The summed E-state index contributed by atoms with van der Waals surface area (Å²) in [7, 11) is 0. The van der Waals surface area contributed by atoms with Crippen LogP contribution in [0.15, 0.2) is 22.0 Å². The topological polar surface area (TPSA) is 38.0 Å². The fourth-order valence-electron chi connectivity index (χ4n) is 1.87. The lowest BCUT2D eigenvalue weighted by molar-refractivity contribution is 0.502. The normalized spacial score (nSPS) is 12.7. The third-order valence-electron chi connectivity index (χ3n) is 2.99. The fraction of sp³-hybridized carbons (Fsp3) is 0.231. The van der Waals surface area contributed by atoms with E-state index >= 15 is 0 Å². The summed E-state index contributed by atoms with van der Waals surface area (Å²) < 4.78 is 28.0. The molecule has 0 fully saturated rings. The molecule has 20 heavy (non-hydrogen) atoms. The van der Waals surface area contributed by atoms with Crippen LogP contribution < -0.4 is 11.3 Å². The smallest absolute Gasteiger partial charge is 0.143 e. The van der Waals surface area contributed by atoms with E-state index in [1.165, 1.54) is 23.5 Å². The fourth-order valence-corrected chi connectivity index (χ4v) is 3.63. The van der Waals surface area contributed by atoms with Crippen molar-refractivity contribution >= 4 is 38.9 Å². The standard InChI is InChI=1S/C13H12BrClF2N2S/c1-6-5-20-13(11(6)15)10(19-18)4-7-9(16)3-2-8(14)12(7)17/h2-3,5,10,19H,4,18H2,1H3. The molecule has 1 atom stereocenters. The molecule has 108 valence electrons. The molecule has 2 rings (SSSR count). The molecule has 3 N–H and O–H groups in total. The molecule has 1 aromatic heterocycles. The Labute approximate surface area is 133 Å². The lowest BCUT2D eigenvalue weighted by Crippen LogP contribution is -2.29. The summed E-state index contributed by atoms with van der Waals surface area (Å²) in [6, 6.07) is 2.11. The second-order valence-corrected chi connectivity index (χ2v) is 6.49. The lowest BCUT2D eigenvalue weighted by Gasteiger charge is -2.16. The van der Waals surface area contributed by atoms with Crippen LogP contribution in [0.5, 0.6) is 0 Å². The molecule has 1 unspecified atom stereocenters. The van der Waals surface area contributed by atoms with Gasteiger partial charge in [-0.25, -0.2) is 8.78 Å². The predicted molar refractivity (Wildman–Crippen MR) is 81.9 cm³/mol. The van der Waals surface area contributed by atoms with Gasteiger partial charge in [-0.2, -0.15) is 0 Å². The highest BCUT2D eigenvalue weighted by Gasteiger charge is 2.22. The van der Waals surface area contributed by atoms with Crippen LogP contribution in [0.4, 0.5) is 8.78 Å². The van der Waals surface area contributed by atoms with Crippen molar-refractivity contribution < 1.29 is 8.78 Å². The third-order valence-corrected chi connectivity index (χ3v) is 5.43. The minimum absolute atomic E-state index is 0.0237. The van der Waals surface area contributed by atoms with Crippen LogP contribution in [-0.4, -0.2) is 0 Å². The summed E-state index contributed by atoms with van der Waals surface area (Å²) in [4.78, 5) is 0.769. The van der Waals surface area contributed by atoms with E-state index in [9.17, 15) is 8.78 Å². The van der Waals surface area contributed by atoms with E-state index in [1.807, 2.05) is 12.3 Å². The Morgan fingerprint density at radius 2 is 2.15 bits per heavy atom. The number of hydrogen-bond donors (Lipinski definition) is 2. The molecule has 0 aliphatic rings. The monoisotopic (exact) mass is 380 g/mol. The second-order valence-electron chi connectivity index (χ2n) is 4.34. The minimum Gasteiger partial charge on any atom is -0.271 e. The zero-order valence-electron chi connectivity index (χ0n) is 10.5. The first-order valence-electron chi connectivity index (χ1n) is 5.77. The van der Waals surface area contributed by atoms with Crippen molar-refractivity contribution in [2.45, 2.75) is 19.4 Å². The Morgan fingerprint density at radius 3 is 2.70 bits per heavy atom. The minimum atomic E-state index is -0.616. The molecule has 0 radical (unpaired) electrons. The summed E-state index contributed by atoms with van der Waals surface area (Å²) in [5, 5.41) is 2.46. The predicted octanol–water partition coefficient (Wildman–Crippen LogP) is 4.50. The van der Waals surface area contributed by atoms with Gasteiger partial charge in [-0.15, -0.1) is 11.3 Å². The van der Waals surface area contributed by atoms with Crippen molar-refractivity contribution in [3.8, 4) is 0 Å². The maximum Gasteiger partial charge on any atom is 0.143 e. The van der Waals surface area contributed by atoms with Gasteiger partial charge in [-0.3, -0.25) is 11.3 Å². The average molecular weight is 382 g/mol. The van der Waals surface area contributed by atoms with Gasteiger partial charge in [0.25, 0.3) is 0 Å². The van der Waals surface area contributed by atoms with E-state index in [1.54, 1.807) is 0 Å². The van der Waals surface area contributed by atoms with E-state index < -0.39 is 17.7 Å². The van der Waals surface area contributed by atoms with Crippen molar-refractivity contribution in [3.63, 3.8) is 0 Å². The second kappa shape index (κ2) is 6.49. The number of hydrogen-bond acceptors (Lipinski definition) is 3. The van der Waals surface area contributed by atoms with Gasteiger partial charge in [0.05, 0.1) is 15.5 Å². The van der Waals surface area contributed by atoms with Crippen molar-refractivity contribution in [1.82, 2.24) is 5.43 Å². The summed E-state index contributed by atoms with van der Waals surface area (Å²) >= 11 is 10.6. The largest absolute Gasteiger partial charge is 0.271 e. The van der Waals surface area contributed by atoms with Gasteiger partial charge in [0.15, 0.2) is 0 Å². The van der Waals surface area contributed by atoms with Crippen LogP contribution in [0.3, 0.4) is 0 Å². The van der Waals surface area contributed by atoms with E-state index in [2.05, 4.69) is 21.4 Å². The average Bonchev–Trinajstić information content (AvgIpc) is 2.75. The first kappa shape index (κ1) is 15.9. The molecule has 1 heterocycles. The van der Waals surface area contributed by atoms with Gasteiger partial charge in [-0.1, -0.05) is 11.6 Å². The Kier molecular flexibility index (Phi) is 5.14. The summed E-state index contributed by atoms with van der Waals surface area (Å²) in [6.07, 6.45) is 0.0767. The van der Waals surface area contributed by atoms with E-state index in [4.69, 9.17) is 17.4 Å². The van der Waals surface area contributed by atoms with Crippen molar-refractivity contribution in [3.05, 3.63) is 54.6 Å². The van der Waals surface area contributed by atoms with Crippen molar-refractivity contribution in [2.75, 3.05) is 0 Å². The number of nitrogens with two attached hydrogens (primary N) is 1. The lowest BCUT2D eigenvalue weighted by atomic mass is 10.0. The number of aryl methyl sites for hydroxylation is 1. The van der Waals surface area contributed by atoms with E-state index in [0.717, 1.165) is 10.4 Å². The van der Waals surface area contributed by atoms with Gasteiger partial charge in [0.2, 0.25) is 0 Å². The number of hydrazine groups is 1. The van der Waals surface area contributed by atoms with Crippen molar-refractivity contribution in [1.29, 1.82) is 0 Å². The number of benzene rings is 1. The molecule has 7 heteroatoms. The summed E-state index contributed by atoms with van der Waals surface area (Å²) in [5.74, 6) is 4.29. The number of halogens is 4. The zero-order valence-corrected chi connectivity index (χ0v) is 13.7. The highest BCUT2D eigenvalue weighted by Crippen LogP contribution is 2.35. The third kappa shape index (κ3) is 3.04. The molecular weight excluding hydrogens is 370 g/mol. The molecule has 0 bridgehead atoms. The molecule has 0 spiro atoms. The molecule has 2 aromatic rings. The first-order chi connectivity index (χ1) is 9.45. The van der Waals surface area contributed by atoms with E-state index in [0.29, 0.717) is 5.02 Å². The maximum atomic E-state index is 14.0. The number of thiophene rings is 1. The highest BCUT2D eigenvalue weighted by atomic mass is 79.9. The van der Waals surface area contributed by atoms with Crippen LogP contribution in [0.1, 0.15) is 22.0 Å². The molecule has 0 amide bonds. The molecule has 2 nitrogen and oxygen atoms in total. The zero-order chi connectivity index (χ0) is 14.9. The maximum absolute atomic E-state index is 14.0.